The first-order chi connectivity index (χ1) is 12.0. The Morgan fingerprint density at radius 1 is 1.24 bits per heavy atom. The molecule has 25 heavy (non-hydrogen) atoms. The van der Waals surface area contributed by atoms with Gasteiger partial charge in [-0.2, -0.15) is 4.98 Å². The molecule has 2 atom stereocenters. The van der Waals surface area contributed by atoms with E-state index in [0.717, 1.165) is 25.7 Å². The van der Waals surface area contributed by atoms with Crippen molar-refractivity contribution >= 4 is 23.4 Å². The predicted molar refractivity (Wildman–Crippen MR) is 91.9 cm³/mol. The fraction of sp³-hybridized carbons (Fsp3) is 0.375. The van der Waals surface area contributed by atoms with Gasteiger partial charge in [0.2, 0.25) is 5.95 Å². The number of nitrogens with zero attached hydrogens (tertiary/aromatic N) is 3. The minimum atomic E-state index is -0.778. The number of primary amides is 1. The van der Waals surface area contributed by atoms with Crippen LogP contribution < -0.4 is 22.1 Å². The molecule has 0 radical (unpaired) electrons. The van der Waals surface area contributed by atoms with Crippen LogP contribution in [0.2, 0.25) is 0 Å². The molecule has 1 aromatic carbocycles. The third-order valence-corrected chi connectivity index (χ3v) is 4.14. The smallest absolute Gasteiger partial charge is 0.273 e. The van der Waals surface area contributed by atoms with E-state index in [0.29, 0.717) is 5.69 Å². The quantitative estimate of drug-likeness (QED) is 0.646. The summed E-state index contributed by atoms with van der Waals surface area (Å²) in [6.07, 6.45) is 4.02. The van der Waals surface area contributed by atoms with Crippen LogP contribution in [-0.2, 0) is 0 Å². The van der Waals surface area contributed by atoms with Crippen molar-refractivity contribution in [3.63, 3.8) is 0 Å². The number of aromatic nitrogens is 3. The standard InChI is InChI=1S/C16H20FN7O/c17-9-4-3-5-10(8-9)20-15-13(14(19)25)23-24-16(22-15)21-12-7-2-1-6-11(12)18/h3-5,8,11-12H,1-2,6-7,18H2,(H2,19,25)(H2,20,21,22,24)/t11-,12+/m0/s1. The summed E-state index contributed by atoms with van der Waals surface area (Å²) in [5.41, 5.74) is 11.7. The van der Waals surface area contributed by atoms with E-state index in [1.807, 2.05) is 0 Å². The molecule has 0 unspecified atom stereocenters. The van der Waals surface area contributed by atoms with Crippen molar-refractivity contribution in [2.24, 2.45) is 11.5 Å². The Kier molecular flexibility index (Phi) is 5.03. The van der Waals surface area contributed by atoms with E-state index in [2.05, 4.69) is 25.8 Å². The lowest BCUT2D eigenvalue weighted by atomic mass is 9.91. The van der Waals surface area contributed by atoms with E-state index >= 15 is 0 Å². The van der Waals surface area contributed by atoms with Gasteiger partial charge in [0.25, 0.3) is 5.91 Å². The molecule has 8 nitrogen and oxygen atoms in total. The number of rotatable bonds is 5. The minimum Gasteiger partial charge on any atom is -0.364 e. The maximum absolute atomic E-state index is 13.4. The van der Waals surface area contributed by atoms with Gasteiger partial charge in [0.05, 0.1) is 0 Å². The number of benzene rings is 1. The van der Waals surface area contributed by atoms with Gasteiger partial charge in [-0.15, -0.1) is 10.2 Å². The zero-order valence-corrected chi connectivity index (χ0v) is 13.6. The van der Waals surface area contributed by atoms with Gasteiger partial charge in [0.15, 0.2) is 11.5 Å². The second-order valence-corrected chi connectivity index (χ2v) is 6.03. The van der Waals surface area contributed by atoms with Gasteiger partial charge in [-0.1, -0.05) is 18.9 Å². The molecular formula is C16H20FN7O. The highest BCUT2D eigenvalue weighted by molar-refractivity contribution is 5.96. The normalized spacial score (nSPS) is 20.1. The van der Waals surface area contributed by atoms with Crippen molar-refractivity contribution < 1.29 is 9.18 Å². The Bertz CT molecular complexity index is 770. The first kappa shape index (κ1) is 17.0. The molecule has 0 spiro atoms. The van der Waals surface area contributed by atoms with Crippen LogP contribution >= 0.6 is 0 Å². The molecule has 3 rings (SSSR count). The molecule has 1 aromatic heterocycles. The van der Waals surface area contributed by atoms with E-state index in [4.69, 9.17) is 11.5 Å². The summed E-state index contributed by atoms with van der Waals surface area (Å²) in [5.74, 6) is -0.842. The highest BCUT2D eigenvalue weighted by Crippen LogP contribution is 2.22. The highest BCUT2D eigenvalue weighted by Gasteiger charge is 2.23. The van der Waals surface area contributed by atoms with Crippen LogP contribution in [0.1, 0.15) is 36.2 Å². The molecule has 1 aliphatic rings. The zero-order chi connectivity index (χ0) is 17.8. The molecular weight excluding hydrogens is 325 g/mol. The maximum atomic E-state index is 13.4. The number of nitrogens with two attached hydrogens (primary N) is 2. The van der Waals surface area contributed by atoms with E-state index in [1.54, 1.807) is 6.07 Å². The Morgan fingerprint density at radius 2 is 2.04 bits per heavy atom. The first-order valence-corrected chi connectivity index (χ1v) is 8.12. The van der Waals surface area contributed by atoms with Gasteiger partial charge in [-0.05, 0) is 31.0 Å². The maximum Gasteiger partial charge on any atom is 0.273 e. The van der Waals surface area contributed by atoms with Crippen molar-refractivity contribution in [2.75, 3.05) is 10.6 Å². The molecule has 0 bridgehead atoms. The minimum absolute atomic E-state index is 0.00722. The van der Waals surface area contributed by atoms with Crippen LogP contribution in [0.4, 0.5) is 21.8 Å². The third-order valence-electron chi connectivity index (χ3n) is 4.14. The molecule has 1 amide bonds. The zero-order valence-electron chi connectivity index (χ0n) is 13.6. The highest BCUT2D eigenvalue weighted by atomic mass is 19.1. The number of nitrogens with one attached hydrogen (secondary N) is 2. The lowest BCUT2D eigenvalue weighted by Gasteiger charge is -2.29. The van der Waals surface area contributed by atoms with Crippen LogP contribution in [0.25, 0.3) is 0 Å². The average molecular weight is 345 g/mol. The molecule has 6 N–H and O–H groups in total. The van der Waals surface area contributed by atoms with Gasteiger partial charge in [-0.3, -0.25) is 4.79 Å². The Morgan fingerprint density at radius 3 is 2.76 bits per heavy atom. The van der Waals surface area contributed by atoms with E-state index in [-0.39, 0.29) is 29.5 Å². The Hall–Kier alpha value is -2.81. The SMILES string of the molecule is NC(=O)c1nnc(N[C@@H]2CCCC[C@@H]2N)nc1Nc1cccc(F)c1. The summed E-state index contributed by atoms with van der Waals surface area (Å²) in [7, 11) is 0. The third kappa shape index (κ3) is 4.18. The van der Waals surface area contributed by atoms with Gasteiger partial charge in [-0.25, -0.2) is 4.39 Å². The molecule has 9 heteroatoms. The largest absolute Gasteiger partial charge is 0.364 e. The van der Waals surface area contributed by atoms with Crippen molar-refractivity contribution in [2.45, 2.75) is 37.8 Å². The molecule has 1 aliphatic carbocycles. The van der Waals surface area contributed by atoms with E-state index in [9.17, 15) is 9.18 Å². The predicted octanol–water partition coefficient (Wildman–Crippen LogP) is 1.53. The lowest BCUT2D eigenvalue weighted by Crippen LogP contribution is -2.43. The number of amides is 1. The second kappa shape index (κ2) is 7.39. The monoisotopic (exact) mass is 345 g/mol. The van der Waals surface area contributed by atoms with Crippen molar-refractivity contribution in [1.82, 2.24) is 15.2 Å². The number of hydrogen-bond donors (Lipinski definition) is 4. The molecule has 1 fully saturated rings. The number of halogens is 1. The average Bonchev–Trinajstić information content (AvgIpc) is 2.57. The topological polar surface area (TPSA) is 132 Å². The summed E-state index contributed by atoms with van der Waals surface area (Å²) in [6.45, 7) is 0. The Balaban J connectivity index is 1.85. The molecule has 0 aliphatic heterocycles. The number of carbonyl (C=O) groups excluding carboxylic acids is 1. The fourth-order valence-electron chi connectivity index (χ4n) is 2.85. The first-order valence-electron chi connectivity index (χ1n) is 8.12. The summed E-state index contributed by atoms with van der Waals surface area (Å²) in [5, 5.41) is 13.8. The van der Waals surface area contributed by atoms with E-state index in [1.165, 1.54) is 18.2 Å². The lowest BCUT2D eigenvalue weighted by molar-refractivity contribution is 0.0995. The van der Waals surface area contributed by atoms with Crippen LogP contribution in [0.3, 0.4) is 0 Å². The number of hydrogen-bond acceptors (Lipinski definition) is 7. The Labute approximate surface area is 144 Å². The van der Waals surface area contributed by atoms with Crippen LogP contribution in [-0.4, -0.2) is 33.2 Å². The van der Waals surface area contributed by atoms with Crippen LogP contribution in [0.15, 0.2) is 24.3 Å². The second-order valence-electron chi connectivity index (χ2n) is 6.03. The number of carbonyl (C=O) groups is 1. The van der Waals surface area contributed by atoms with Crippen molar-refractivity contribution in [3.05, 3.63) is 35.8 Å². The van der Waals surface area contributed by atoms with Gasteiger partial charge >= 0.3 is 0 Å². The summed E-state index contributed by atoms with van der Waals surface area (Å²) < 4.78 is 13.4. The molecule has 2 aromatic rings. The van der Waals surface area contributed by atoms with Gasteiger partial charge in [0, 0.05) is 17.8 Å². The van der Waals surface area contributed by atoms with Crippen LogP contribution in [0, 0.1) is 5.82 Å². The van der Waals surface area contributed by atoms with Gasteiger partial charge in [0.1, 0.15) is 5.82 Å². The number of anilines is 3. The van der Waals surface area contributed by atoms with Crippen molar-refractivity contribution in [1.29, 1.82) is 0 Å². The molecule has 0 saturated heterocycles. The summed E-state index contributed by atoms with van der Waals surface area (Å²) >= 11 is 0. The van der Waals surface area contributed by atoms with Crippen LogP contribution in [0.5, 0.6) is 0 Å². The molecule has 1 saturated carbocycles. The molecule has 132 valence electrons. The van der Waals surface area contributed by atoms with E-state index < -0.39 is 11.7 Å². The summed E-state index contributed by atoms with van der Waals surface area (Å²) in [6, 6.07) is 5.81. The van der Waals surface area contributed by atoms with Crippen molar-refractivity contribution in [3.8, 4) is 0 Å². The van der Waals surface area contributed by atoms with Gasteiger partial charge < -0.3 is 22.1 Å². The molecule has 1 heterocycles. The fourth-order valence-corrected chi connectivity index (χ4v) is 2.85. The summed E-state index contributed by atoms with van der Waals surface area (Å²) in [4.78, 5) is 15.8.